The third-order valence-electron chi connectivity index (χ3n) is 3.39. The highest BCUT2D eigenvalue weighted by Gasteiger charge is 2.19. The normalized spacial score (nSPS) is 10.6. The average molecular weight is 328 g/mol. The van der Waals surface area contributed by atoms with Crippen molar-refractivity contribution < 1.29 is 18.7 Å². The first-order chi connectivity index (χ1) is 11.6. The zero-order valence-electron chi connectivity index (χ0n) is 12.7. The van der Waals surface area contributed by atoms with E-state index in [0.29, 0.717) is 16.8 Å². The van der Waals surface area contributed by atoms with Crippen LogP contribution < -0.4 is 5.32 Å². The molecule has 0 atom stereocenters. The number of fused-ring (bicyclic) bond motifs is 1. The summed E-state index contributed by atoms with van der Waals surface area (Å²) in [5, 5.41) is 2.44. The molecule has 0 aliphatic rings. The summed E-state index contributed by atoms with van der Waals surface area (Å²) in [6.07, 6.45) is 4.66. The van der Waals surface area contributed by atoms with Crippen molar-refractivity contribution in [1.29, 1.82) is 0 Å². The Kier molecular flexibility index (Phi) is 4.19. The van der Waals surface area contributed by atoms with Crippen LogP contribution in [0.3, 0.4) is 0 Å². The molecule has 1 amide bonds. The summed E-state index contributed by atoms with van der Waals surface area (Å²) >= 11 is 0. The number of hydrogen-bond acceptors (Lipinski definition) is 5. The van der Waals surface area contributed by atoms with E-state index >= 15 is 0 Å². The zero-order chi connectivity index (χ0) is 17.1. The topological polar surface area (TPSA) is 85.6 Å². The van der Waals surface area contributed by atoms with Gasteiger partial charge in [-0.2, -0.15) is 0 Å². The molecule has 2 aromatic heterocycles. The molecule has 0 unspecified atom stereocenters. The van der Waals surface area contributed by atoms with E-state index in [2.05, 4.69) is 20.0 Å². The molecule has 1 aromatic carbocycles. The molecule has 24 heavy (non-hydrogen) atoms. The van der Waals surface area contributed by atoms with Gasteiger partial charge < -0.3 is 10.1 Å². The van der Waals surface area contributed by atoms with E-state index in [1.165, 1.54) is 25.4 Å². The number of carbonyl (C=O) groups excluding carboxylic acids is 2. The van der Waals surface area contributed by atoms with Crippen molar-refractivity contribution in [3.63, 3.8) is 0 Å². The fourth-order valence-corrected chi connectivity index (χ4v) is 2.22. The van der Waals surface area contributed by atoms with Gasteiger partial charge in [-0.1, -0.05) is 0 Å². The van der Waals surface area contributed by atoms with Gasteiger partial charge in [0.05, 0.1) is 24.5 Å². The standard InChI is InChI=1S/C16H13FN4O3/c1-24-13(22)9-19-16(23)15-20-14(10-2-4-11(17)5-3-10)12-8-18-6-7-21(12)15/h2-8H,9H2,1H3,(H,19,23). The van der Waals surface area contributed by atoms with E-state index in [0.717, 1.165) is 0 Å². The summed E-state index contributed by atoms with van der Waals surface area (Å²) in [7, 11) is 1.23. The molecule has 3 aromatic rings. The lowest BCUT2D eigenvalue weighted by atomic mass is 10.1. The number of methoxy groups -OCH3 is 1. The third kappa shape index (κ3) is 2.94. The van der Waals surface area contributed by atoms with Crippen molar-refractivity contribution in [2.24, 2.45) is 0 Å². The lowest BCUT2D eigenvalue weighted by Crippen LogP contribution is -2.31. The van der Waals surface area contributed by atoms with Gasteiger partial charge in [-0.15, -0.1) is 0 Å². The monoisotopic (exact) mass is 328 g/mol. The van der Waals surface area contributed by atoms with Crippen LogP contribution in [0.5, 0.6) is 0 Å². The van der Waals surface area contributed by atoms with Gasteiger partial charge in [-0.05, 0) is 24.3 Å². The highest BCUT2D eigenvalue weighted by Crippen LogP contribution is 2.24. The van der Waals surface area contributed by atoms with Crippen LogP contribution in [-0.4, -0.2) is 39.9 Å². The van der Waals surface area contributed by atoms with Crippen LogP contribution in [0.4, 0.5) is 4.39 Å². The minimum atomic E-state index is -0.565. The van der Waals surface area contributed by atoms with Gasteiger partial charge in [0.1, 0.15) is 12.4 Å². The smallest absolute Gasteiger partial charge is 0.325 e. The first kappa shape index (κ1) is 15.6. The number of carbonyl (C=O) groups is 2. The molecule has 3 rings (SSSR count). The Balaban J connectivity index is 2.02. The highest BCUT2D eigenvalue weighted by molar-refractivity contribution is 5.95. The number of amides is 1. The highest BCUT2D eigenvalue weighted by atomic mass is 19.1. The van der Waals surface area contributed by atoms with Crippen LogP contribution >= 0.6 is 0 Å². The molecular weight excluding hydrogens is 315 g/mol. The Hall–Kier alpha value is -3.29. The Bertz CT molecular complexity index is 905. The Morgan fingerprint density at radius 3 is 2.75 bits per heavy atom. The van der Waals surface area contributed by atoms with Crippen molar-refractivity contribution in [3.05, 3.63) is 54.5 Å². The fraction of sp³-hybridized carbons (Fsp3) is 0.125. The SMILES string of the molecule is COC(=O)CNC(=O)c1nc(-c2ccc(F)cc2)c2cnccn12. The Labute approximate surface area is 136 Å². The van der Waals surface area contributed by atoms with E-state index in [1.54, 1.807) is 28.9 Å². The number of imidazole rings is 1. The van der Waals surface area contributed by atoms with Crippen LogP contribution in [0, 0.1) is 5.82 Å². The molecule has 2 heterocycles. The summed E-state index contributed by atoms with van der Waals surface area (Å²) in [5.74, 6) is -1.37. The molecule has 0 radical (unpaired) electrons. The fourth-order valence-electron chi connectivity index (χ4n) is 2.22. The summed E-state index contributed by atoms with van der Waals surface area (Å²) < 4.78 is 19.2. The van der Waals surface area contributed by atoms with Gasteiger partial charge in [0.25, 0.3) is 5.91 Å². The lowest BCUT2D eigenvalue weighted by Gasteiger charge is -2.02. The van der Waals surface area contributed by atoms with Crippen molar-refractivity contribution >= 4 is 17.4 Å². The number of aromatic nitrogens is 3. The van der Waals surface area contributed by atoms with Crippen LogP contribution in [0.25, 0.3) is 16.8 Å². The molecule has 1 N–H and O–H groups in total. The maximum absolute atomic E-state index is 13.1. The number of hydrogen-bond donors (Lipinski definition) is 1. The number of benzene rings is 1. The number of halogens is 1. The van der Waals surface area contributed by atoms with Gasteiger partial charge in [0.15, 0.2) is 0 Å². The first-order valence-electron chi connectivity index (χ1n) is 7.03. The van der Waals surface area contributed by atoms with Crippen molar-refractivity contribution in [1.82, 2.24) is 19.7 Å². The van der Waals surface area contributed by atoms with Gasteiger partial charge >= 0.3 is 5.97 Å². The lowest BCUT2D eigenvalue weighted by molar-refractivity contribution is -0.139. The van der Waals surface area contributed by atoms with Crippen LogP contribution in [0.1, 0.15) is 10.6 Å². The summed E-state index contributed by atoms with van der Waals surface area (Å²) in [4.78, 5) is 31.8. The predicted octanol–water partition coefficient (Wildman–Crippen LogP) is 1.44. The van der Waals surface area contributed by atoms with E-state index in [4.69, 9.17) is 0 Å². The molecule has 0 aliphatic heterocycles. The van der Waals surface area contributed by atoms with Crippen LogP contribution in [0.15, 0.2) is 42.9 Å². The number of nitrogens with one attached hydrogen (secondary N) is 1. The minimum Gasteiger partial charge on any atom is -0.468 e. The molecule has 0 aliphatic carbocycles. The molecule has 0 spiro atoms. The maximum atomic E-state index is 13.1. The average Bonchev–Trinajstić information content (AvgIpc) is 3.00. The number of nitrogens with zero attached hydrogens (tertiary/aromatic N) is 3. The third-order valence-corrected chi connectivity index (χ3v) is 3.39. The van der Waals surface area contributed by atoms with Crippen molar-refractivity contribution in [2.45, 2.75) is 0 Å². The van der Waals surface area contributed by atoms with E-state index < -0.39 is 11.9 Å². The minimum absolute atomic E-state index is 0.0932. The largest absolute Gasteiger partial charge is 0.468 e. The summed E-state index contributed by atoms with van der Waals surface area (Å²) in [5.41, 5.74) is 1.73. The number of rotatable bonds is 4. The maximum Gasteiger partial charge on any atom is 0.325 e. The van der Waals surface area contributed by atoms with Crippen molar-refractivity contribution in [2.75, 3.05) is 13.7 Å². The Morgan fingerprint density at radius 2 is 2.04 bits per heavy atom. The molecule has 122 valence electrons. The second-order valence-electron chi connectivity index (χ2n) is 4.88. The Morgan fingerprint density at radius 1 is 1.29 bits per heavy atom. The van der Waals surface area contributed by atoms with Gasteiger partial charge in [-0.25, -0.2) is 9.37 Å². The molecule has 7 nitrogen and oxygen atoms in total. The van der Waals surface area contributed by atoms with Gasteiger partial charge in [0.2, 0.25) is 5.82 Å². The van der Waals surface area contributed by atoms with E-state index in [1.807, 2.05) is 0 Å². The van der Waals surface area contributed by atoms with Crippen LogP contribution in [0.2, 0.25) is 0 Å². The quantitative estimate of drug-likeness (QED) is 0.733. The van der Waals surface area contributed by atoms with Crippen LogP contribution in [-0.2, 0) is 9.53 Å². The van der Waals surface area contributed by atoms with Gasteiger partial charge in [0, 0.05) is 18.0 Å². The predicted molar refractivity (Wildman–Crippen MR) is 82.7 cm³/mol. The molecule has 0 saturated carbocycles. The molecule has 8 heteroatoms. The summed E-state index contributed by atoms with van der Waals surface area (Å²) in [6, 6.07) is 5.77. The molecule has 0 fully saturated rings. The van der Waals surface area contributed by atoms with Crippen molar-refractivity contribution in [3.8, 4) is 11.3 Å². The number of ether oxygens (including phenoxy) is 1. The van der Waals surface area contributed by atoms with E-state index in [9.17, 15) is 14.0 Å². The zero-order valence-corrected chi connectivity index (χ0v) is 12.7. The molecule has 0 saturated heterocycles. The second-order valence-corrected chi connectivity index (χ2v) is 4.88. The second kappa shape index (κ2) is 6.45. The molecule has 0 bridgehead atoms. The van der Waals surface area contributed by atoms with E-state index in [-0.39, 0.29) is 18.2 Å². The number of esters is 1. The molecular formula is C16H13FN4O3. The first-order valence-corrected chi connectivity index (χ1v) is 7.03. The summed E-state index contributed by atoms with van der Waals surface area (Å²) in [6.45, 7) is -0.263. The van der Waals surface area contributed by atoms with Gasteiger partial charge in [-0.3, -0.25) is 19.0 Å².